The molecule has 3 aromatic rings. The highest BCUT2D eigenvalue weighted by Crippen LogP contribution is 2.29. The summed E-state index contributed by atoms with van der Waals surface area (Å²) in [4.78, 5) is 8.95. The number of halogens is 1. The number of hydrogen-bond acceptors (Lipinski definition) is 6. The predicted octanol–water partition coefficient (Wildman–Crippen LogP) is 3.40. The largest absolute Gasteiger partial charge is 0.393 e. The van der Waals surface area contributed by atoms with Crippen molar-refractivity contribution in [2.45, 2.75) is 32.3 Å². The summed E-state index contributed by atoms with van der Waals surface area (Å²) in [7, 11) is 1.89. The number of aromatic nitrogens is 3. The quantitative estimate of drug-likeness (QED) is 0.295. The molecule has 8 nitrogen and oxygen atoms in total. The van der Waals surface area contributed by atoms with Gasteiger partial charge in [-0.1, -0.05) is 11.6 Å². The zero-order valence-electron chi connectivity index (χ0n) is 17.9. The maximum absolute atomic E-state index is 9.59. The van der Waals surface area contributed by atoms with Gasteiger partial charge in [-0.15, -0.1) is 0 Å². The van der Waals surface area contributed by atoms with Gasteiger partial charge >= 0.3 is 0 Å². The molecule has 3 N–H and O–H groups in total. The zero-order chi connectivity index (χ0) is 23.3. The molecule has 1 unspecified atom stereocenters. The Hall–Kier alpha value is -3.06. The molecule has 1 atom stereocenters. The highest BCUT2D eigenvalue weighted by molar-refractivity contribution is 7.80. The maximum atomic E-state index is 9.59. The van der Waals surface area contributed by atoms with Gasteiger partial charge in [0.25, 0.3) is 0 Å². The molecule has 10 heteroatoms. The predicted molar refractivity (Wildman–Crippen MR) is 130 cm³/mol. The van der Waals surface area contributed by atoms with Gasteiger partial charge in [0.1, 0.15) is 0 Å². The van der Waals surface area contributed by atoms with Gasteiger partial charge in [-0.2, -0.15) is 10.4 Å². The minimum atomic E-state index is -0.495. The Morgan fingerprint density at radius 2 is 2.25 bits per heavy atom. The second-order valence-electron chi connectivity index (χ2n) is 7.45. The topological polar surface area (TPSA) is 116 Å². The van der Waals surface area contributed by atoms with Crippen LogP contribution >= 0.6 is 23.8 Å². The summed E-state index contributed by atoms with van der Waals surface area (Å²) < 4.78 is 1.88. The third-order valence-corrected chi connectivity index (χ3v) is 5.51. The summed E-state index contributed by atoms with van der Waals surface area (Å²) in [6.45, 7) is 2.09. The van der Waals surface area contributed by atoms with E-state index in [4.69, 9.17) is 39.8 Å². The Labute approximate surface area is 196 Å². The molecule has 1 aromatic carbocycles. The molecule has 0 bridgehead atoms. The number of fused-ring (bicyclic) bond motifs is 1. The molecule has 3 rings (SSSR count). The molecule has 0 aliphatic heterocycles. The van der Waals surface area contributed by atoms with Crippen molar-refractivity contribution in [1.29, 1.82) is 5.26 Å². The van der Waals surface area contributed by atoms with Crippen molar-refractivity contribution in [3.8, 4) is 17.5 Å². The van der Waals surface area contributed by atoms with E-state index in [9.17, 15) is 5.11 Å². The third-order valence-electron chi connectivity index (χ3n) is 4.94. The number of nitriles is 1. The fourth-order valence-electron chi connectivity index (χ4n) is 3.21. The summed E-state index contributed by atoms with van der Waals surface area (Å²) in [6.07, 6.45) is 6.00. The number of pyridine rings is 1. The summed E-state index contributed by atoms with van der Waals surface area (Å²) >= 11 is 11.6. The molecule has 0 aliphatic rings. The van der Waals surface area contributed by atoms with E-state index in [1.807, 2.05) is 23.7 Å². The molecule has 166 valence electrons. The minimum absolute atomic E-state index is 0.116. The van der Waals surface area contributed by atoms with Crippen LogP contribution in [-0.4, -0.2) is 48.6 Å². The number of aliphatic hydroxyl groups excluding tert-OH is 1. The SMILES string of the molecule is CC(O)CCN(/N=C/c1cc(-c2cncn2C)nc2cc(Cl)c(CCC#N)cc12)C(N)=S. The summed E-state index contributed by atoms with van der Waals surface area (Å²) in [5.41, 5.74) is 9.72. The van der Waals surface area contributed by atoms with Gasteiger partial charge in [0.15, 0.2) is 5.11 Å². The van der Waals surface area contributed by atoms with Gasteiger partial charge in [0.05, 0.1) is 47.8 Å². The maximum Gasteiger partial charge on any atom is 0.186 e. The Kier molecular flexibility index (Phi) is 7.75. The number of rotatable bonds is 8. The molecular weight excluding hydrogens is 446 g/mol. The van der Waals surface area contributed by atoms with Gasteiger partial charge < -0.3 is 15.4 Å². The van der Waals surface area contributed by atoms with Crippen LogP contribution in [0.5, 0.6) is 0 Å². The van der Waals surface area contributed by atoms with Crippen LogP contribution in [0.4, 0.5) is 0 Å². The van der Waals surface area contributed by atoms with Gasteiger partial charge in [-0.3, -0.25) is 0 Å². The van der Waals surface area contributed by atoms with Gasteiger partial charge in [0, 0.05) is 36.0 Å². The Bertz CT molecular complexity index is 1200. The average Bonchev–Trinajstić information content (AvgIpc) is 3.17. The second kappa shape index (κ2) is 10.5. The highest BCUT2D eigenvalue weighted by atomic mass is 35.5. The van der Waals surface area contributed by atoms with Crippen LogP contribution in [-0.2, 0) is 13.5 Å². The number of nitrogens with two attached hydrogens (primary N) is 1. The number of nitrogens with zero attached hydrogens (tertiary/aromatic N) is 6. The van der Waals surface area contributed by atoms with Gasteiger partial charge in [-0.25, -0.2) is 15.0 Å². The van der Waals surface area contributed by atoms with Crippen LogP contribution in [0.15, 0.2) is 35.8 Å². The van der Waals surface area contributed by atoms with E-state index in [0.29, 0.717) is 42.0 Å². The monoisotopic (exact) mass is 469 g/mol. The van der Waals surface area contributed by atoms with Crippen LogP contribution in [0.2, 0.25) is 5.02 Å². The fourth-order valence-corrected chi connectivity index (χ4v) is 3.60. The first-order chi connectivity index (χ1) is 15.3. The smallest absolute Gasteiger partial charge is 0.186 e. The molecule has 0 radical (unpaired) electrons. The second-order valence-corrected chi connectivity index (χ2v) is 8.27. The van der Waals surface area contributed by atoms with Crippen LogP contribution < -0.4 is 5.73 Å². The van der Waals surface area contributed by atoms with E-state index in [1.165, 1.54) is 5.01 Å². The number of thiocarbonyl (C=S) groups is 1. The van der Waals surface area contributed by atoms with Crippen LogP contribution in [0, 0.1) is 11.3 Å². The Balaban J connectivity index is 2.12. The van der Waals surface area contributed by atoms with Crippen LogP contribution in [0.1, 0.15) is 30.9 Å². The summed E-state index contributed by atoms with van der Waals surface area (Å²) in [6, 6.07) is 7.81. The Morgan fingerprint density at radius 3 is 2.88 bits per heavy atom. The van der Waals surface area contributed by atoms with E-state index in [-0.39, 0.29) is 5.11 Å². The van der Waals surface area contributed by atoms with E-state index < -0.39 is 6.10 Å². The number of benzene rings is 1. The van der Waals surface area contributed by atoms with Gasteiger partial charge in [0.2, 0.25) is 0 Å². The number of aliphatic hydroxyl groups is 1. The van der Waals surface area contributed by atoms with Crippen LogP contribution in [0.3, 0.4) is 0 Å². The number of aryl methyl sites for hydroxylation is 2. The molecule has 0 aliphatic carbocycles. The summed E-state index contributed by atoms with van der Waals surface area (Å²) in [5.74, 6) is 0. The van der Waals surface area contributed by atoms with Crippen molar-refractivity contribution in [3.63, 3.8) is 0 Å². The van der Waals surface area contributed by atoms with E-state index >= 15 is 0 Å². The lowest BCUT2D eigenvalue weighted by Crippen LogP contribution is -2.33. The van der Waals surface area contributed by atoms with E-state index in [1.54, 1.807) is 31.7 Å². The van der Waals surface area contributed by atoms with E-state index in [2.05, 4.69) is 16.2 Å². The molecule has 0 saturated carbocycles. The third kappa shape index (κ3) is 5.59. The molecule has 0 spiro atoms. The molecule has 0 fully saturated rings. The minimum Gasteiger partial charge on any atom is -0.393 e. The molecule has 2 heterocycles. The number of hydrazone groups is 1. The average molecular weight is 470 g/mol. The first kappa shape index (κ1) is 23.6. The number of imidazole rings is 1. The fraction of sp³-hybridized carbons (Fsp3) is 0.318. The lowest BCUT2D eigenvalue weighted by atomic mass is 10.0. The number of hydrogen-bond donors (Lipinski definition) is 2. The van der Waals surface area contributed by atoms with Crippen molar-refractivity contribution >= 4 is 46.0 Å². The van der Waals surface area contributed by atoms with Crippen molar-refractivity contribution in [2.75, 3.05) is 6.54 Å². The first-order valence-corrected chi connectivity index (χ1v) is 10.8. The van der Waals surface area contributed by atoms with Gasteiger partial charge in [-0.05, 0) is 55.7 Å². The van der Waals surface area contributed by atoms with Crippen molar-refractivity contribution in [2.24, 2.45) is 17.9 Å². The van der Waals surface area contributed by atoms with Crippen LogP contribution in [0.25, 0.3) is 22.3 Å². The molecule has 0 amide bonds. The molecule has 2 aromatic heterocycles. The normalized spacial score (nSPS) is 12.2. The summed E-state index contributed by atoms with van der Waals surface area (Å²) in [5, 5.41) is 26.0. The first-order valence-electron chi connectivity index (χ1n) is 10.1. The van der Waals surface area contributed by atoms with Crippen molar-refractivity contribution < 1.29 is 5.11 Å². The Morgan fingerprint density at radius 1 is 1.47 bits per heavy atom. The van der Waals surface area contributed by atoms with Crippen molar-refractivity contribution in [3.05, 3.63) is 46.9 Å². The van der Waals surface area contributed by atoms with E-state index in [0.717, 1.165) is 22.2 Å². The highest BCUT2D eigenvalue weighted by Gasteiger charge is 2.13. The lowest BCUT2D eigenvalue weighted by molar-refractivity contribution is 0.173. The zero-order valence-corrected chi connectivity index (χ0v) is 19.4. The standard InChI is InChI=1S/C22H24ClN7OS/c1-14(31)5-7-30(22(25)32)27-11-16-9-20(21-12-26-13-29(21)2)28-19-10-18(23)15(4-3-6-24)8-17(16)19/h8-14,31H,3-5,7H2,1-2H3,(H2,25,32)/b27-11+. The van der Waals surface area contributed by atoms with Crippen molar-refractivity contribution in [1.82, 2.24) is 19.5 Å². The molecular formula is C22H24ClN7OS. The lowest BCUT2D eigenvalue weighted by Gasteiger charge is -2.18. The molecule has 0 saturated heterocycles. The molecule has 32 heavy (non-hydrogen) atoms.